The summed E-state index contributed by atoms with van der Waals surface area (Å²) in [5, 5.41) is 8.87. The summed E-state index contributed by atoms with van der Waals surface area (Å²) < 4.78 is 34.9. The van der Waals surface area contributed by atoms with Crippen molar-refractivity contribution < 1.29 is 17.9 Å². The van der Waals surface area contributed by atoms with Gasteiger partial charge in [-0.15, -0.1) is 0 Å². The molecule has 1 aromatic heterocycles. The van der Waals surface area contributed by atoms with Crippen molar-refractivity contribution in [3.8, 4) is 11.5 Å². The van der Waals surface area contributed by atoms with Crippen LogP contribution >= 0.6 is 0 Å². The standard InChI is InChI=1S/C16H17N5O4S/c1-24-14-7-12-13(8-15(14)25-2)18-9-19-16(12)20-10-3-5-11(6-4-10)21-26(17,22)23/h3-9,21H,1-2H3,(H2,17,22,23)(H,18,19,20). The number of hydrogen-bond donors (Lipinski definition) is 3. The van der Waals surface area contributed by atoms with Gasteiger partial charge in [0.25, 0.3) is 10.2 Å². The highest BCUT2D eigenvalue weighted by Crippen LogP contribution is 2.34. The largest absolute Gasteiger partial charge is 0.493 e. The summed E-state index contributed by atoms with van der Waals surface area (Å²) in [6.45, 7) is 0. The molecule has 4 N–H and O–H groups in total. The van der Waals surface area contributed by atoms with Crippen LogP contribution in [0.2, 0.25) is 0 Å². The Morgan fingerprint density at radius 3 is 2.19 bits per heavy atom. The Morgan fingerprint density at radius 2 is 1.58 bits per heavy atom. The molecule has 2 aromatic carbocycles. The van der Waals surface area contributed by atoms with Crippen molar-refractivity contribution in [3.63, 3.8) is 0 Å². The van der Waals surface area contributed by atoms with Gasteiger partial charge in [0.15, 0.2) is 11.5 Å². The van der Waals surface area contributed by atoms with E-state index in [1.807, 2.05) is 0 Å². The Bertz CT molecular complexity index is 1040. The van der Waals surface area contributed by atoms with Crippen LogP contribution in [0.3, 0.4) is 0 Å². The van der Waals surface area contributed by atoms with Crippen LogP contribution in [0, 0.1) is 0 Å². The summed E-state index contributed by atoms with van der Waals surface area (Å²) in [5.41, 5.74) is 1.75. The van der Waals surface area contributed by atoms with Crippen molar-refractivity contribution in [3.05, 3.63) is 42.7 Å². The molecular weight excluding hydrogens is 358 g/mol. The fourth-order valence-corrected chi connectivity index (χ4v) is 2.87. The molecule has 0 aliphatic rings. The first-order chi connectivity index (χ1) is 12.4. The molecule has 0 aliphatic carbocycles. The SMILES string of the molecule is COc1cc2ncnc(Nc3ccc(NS(N)(=O)=O)cc3)c2cc1OC. The van der Waals surface area contributed by atoms with Gasteiger partial charge in [-0.3, -0.25) is 4.72 Å². The second-order valence-corrected chi connectivity index (χ2v) is 6.59. The Labute approximate surface area is 150 Å². The molecule has 0 amide bonds. The molecule has 136 valence electrons. The van der Waals surface area contributed by atoms with E-state index in [1.165, 1.54) is 6.33 Å². The number of hydrogen-bond acceptors (Lipinski definition) is 7. The number of nitrogens with one attached hydrogen (secondary N) is 2. The van der Waals surface area contributed by atoms with Crippen molar-refractivity contribution in [2.24, 2.45) is 5.14 Å². The molecule has 26 heavy (non-hydrogen) atoms. The summed E-state index contributed by atoms with van der Waals surface area (Å²) in [4.78, 5) is 8.51. The van der Waals surface area contributed by atoms with E-state index < -0.39 is 10.2 Å². The molecule has 0 bridgehead atoms. The minimum absolute atomic E-state index is 0.358. The average molecular weight is 375 g/mol. The van der Waals surface area contributed by atoms with Crippen LogP contribution in [-0.4, -0.2) is 32.6 Å². The minimum Gasteiger partial charge on any atom is -0.493 e. The van der Waals surface area contributed by atoms with Gasteiger partial charge in [-0.1, -0.05) is 0 Å². The zero-order valence-electron chi connectivity index (χ0n) is 14.1. The third-order valence-corrected chi connectivity index (χ3v) is 4.07. The van der Waals surface area contributed by atoms with Crippen molar-refractivity contribution >= 4 is 38.3 Å². The summed E-state index contributed by atoms with van der Waals surface area (Å²) >= 11 is 0. The van der Waals surface area contributed by atoms with Gasteiger partial charge in [0, 0.05) is 22.8 Å². The van der Waals surface area contributed by atoms with E-state index in [1.54, 1.807) is 50.6 Å². The molecule has 0 saturated heterocycles. The zero-order chi connectivity index (χ0) is 18.7. The lowest BCUT2D eigenvalue weighted by atomic mass is 10.2. The molecule has 9 nitrogen and oxygen atoms in total. The minimum atomic E-state index is -3.81. The highest BCUT2D eigenvalue weighted by Gasteiger charge is 2.11. The van der Waals surface area contributed by atoms with Gasteiger partial charge in [0.2, 0.25) is 0 Å². The van der Waals surface area contributed by atoms with E-state index in [2.05, 4.69) is 20.0 Å². The summed E-state index contributed by atoms with van der Waals surface area (Å²) in [6, 6.07) is 10.1. The van der Waals surface area contributed by atoms with E-state index in [9.17, 15) is 8.42 Å². The molecule has 0 fully saturated rings. The molecule has 3 aromatic rings. The second-order valence-electron chi connectivity index (χ2n) is 5.30. The van der Waals surface area contributed by atoms with Crippen LogP contribution in [0.4, 0.5) is 17.2 Å². The van der Waals surface area contributed by atoms with E-state index in [-0.39, 0.29) is 0 Å². The number of anilines is 3. The fourth-order valence-electron chi connectivity index (χ4n) is 2.41. The van der Waals surface area contributed by atoms with Gasteiger partial charge in [0.05, 0.1) is 19.7 Å². The van der Waals surface area contributed by atoms with Crippen LogP contribution in [0.5, 0.6) is 11.5 Å². The lowest BCUT2D eigenvalue weighted by Crippen LogP contribution is -2.21. The molecule has 0 saturated carbocycles. The smallest absolute Gasteiger partial charge is 0.296 e. The van der Waals surface area contributed by atoms with E-state index in [0.717, 1.165) is 5.39 Å². The van der Waals surface area contributed by atoms with Gasteiger partial charge in [0.1, 0.15) is 12.1 Å². The van der Waals surface area contributed by atoms with Crippen LogP contribution < -0.4 is 24.7 Å². The van der Waals surface area contributed by atoms with Crippen molar-refractivity contribution in [1.82, 2.24) is 9.97 Å². The number of nitrogens with two attached hydrogens (primary N) is 1. The van der Waals surface area contributed by atoms with Gasteiger partial charge < -0.3 is 14.8 Å². The number of nitrogens with zero attached hydrogens (tertiary/aromatic N) is 2. The molecule has 0 atom stereocenters. The summed E-state index contributed by atoms with van der Waals surface area (Å²) in [7, 11) is -0.699. The Hall–Kier alpha value is -3.11. The molecule has 1 heterocycles. The summed E-state index contributed by atoms with van der Waals surface area (Å²) in [5.74, 6) is 1.71. The number of ether oxygens (including phenoxy) is 2. The number of aromatic nitrogens is 2. The predicted octanol–water partition coefficient (Wildman–Crippen LogP) is 2.01. The number of fused-ring (bicyclic) bond motifs is 1. The lowest BCUT2D eigenvalue weighted by molar-refractivity contribution is 0.356. The molecule has 3 rings (SSSR count). The number of benzene rings is 2. The van der Waals surface area contributed by atoms with Crippen LogP contribution in [0.25, 0.3) is 10.9 Å². The maximum atomic E-state index is 11.0. The van der Waals surface area contributed by atoms with E-state index in [4.69, 9.17) is 14.6 Å². The van der Waals surface area contributed by atoms with Gasteiger partial charge in [-0.05, 0) is 30.3 Å². The normalized spacial score (nSPS) is 11.2. The first-order valence-corrected chi connectivity index (χ1v) is 8.98. The average Bonchev–Trinajstić information content (AvgIpc) is 2.61. The third-order valence-electron chi connectivity index (χ3n) is 3.55. The fraction of sp³-hybridized carbons (Fsp3) is 0.125. The predicted molar refractivity (Wildman–Crippen MR) is 99.1 cm³/mol. The van der Waals surface area contributed by atoms with Crippen molar-refractivity contribution in [1.29, 1.82) is 0 Å². The van der Waals surface area contributed by atoms with Crippen molar-refractivity contribution in [2.75, 3.05) is 24.3 Å². The lowest BCUT2D eigenvalue weighted by Gasteiger charge is -2.12. The molecule has 10 heteroatoms. The molecule has 0 spiro atoms. The monoisotopic (exact) mass is 375 g/mol. The first-order valence-electron chi connectivity index (χ1n) is 7.44. The highest BCUT2D eigenvalue weighted by atomic mass is 32.2. The van der Waals surface area contributed by atoms with Gasteiger partial charge >= 0.3 is 0 Å². The molecular formula is C16H17N5O4S. The Morgan fingerprint density at radius 1 is 0.962 bits per heavy atom. The Balaban J connectivity index is 1.93. The molecule has 0 radical (unpaired) electrons. The van der Waals surface area contributed by atoms with Crippen LogP contribution in [0.1, 0.15) is 0 Å². The topological polar surface area (TPSA) is 128 Å². The van der Waals surface area contributed by atoms with Crippen LogP contribution in [-0.2, 0) is 10.2 Å². The maximum Gasteiger partial charge on any atom is 0.296 e. The first kappa shape index (κ1) is 17.7. The zero-order valence-corrected chi connectivity index (χ0v) is 14.9. The van der Waals surface area contributed by atoms with Crippen LogP contribution in [0.15, 0.2) is 42.7 Å². The highest BCUT2D eigenvalue weighted by molar-refractivity contribution is 7.90. The van der Waals surface area contributed by atoms with Gasteiger partial charge in [-0.25, -0.2) is 15.1 Å². The summed E-state index contributed by atoms with van der Waals surface area (Å²) in [6.07, 6.45) is 1.44. The molecule has 0 unspecified atom stereocenters. The quantitative estimate of drug-likeness (QED) is 0.601. The maximum absolute atomic E-state index is 11.0. The number of methoxy groups -OCH3 is 2. The number of rotatable bonds is 6. The molecule has 0 aliphatic heterocycles. The van der Waals surface area contributed by atoms with Crippen molar-refractivity contribution in [2.45, 2.75) is 0 Å². The Kier molecular flexibility index (Phi) is 4.78. The van der Waals surface area contributed by atoms with Gasteiger partial charge in [-0.2, -0.15) is 8.42 Å². The third kappa shape index (κ3) is 3.92. The second kappa shape index (κ2) is 7.02. The van der Waals surface area contributed by atoms with E-state index >= 15 is 0 Å². The van der Waals surface area contributed by atoms with E-state index in [0.29, 0.717) is 34.2 Å².